The van der Waals surface area contributed by atoms with Crippen LogP contribution in [0.5, 0.6) is 11.5 Å². The molecule has 0 heterocycles. The molecule has 170 valence electrons. The molecule has 7 nitrogen and oxygen atoms in total. The fourth-order valence-corrected chi connectivity index (χ4v) is 4.41. The van der Waals surface area contributed by atoms with Gasteiger partial charge < -0.3 is 14.8 Å². The number of hydrogen-bond acceptors (Lipinski definition) is 5. The van der Waals surface area contributed by atoms with Crippen LogP contribution < -0.4 is 19.1 Å². The highest BCUT2D eigenvalue weighted by Crippen LogP contribution is 2.26. The van der Waals surface area contributed by atoms with E-state index >= 15 is 0 Å². The maximum Gasteiger partial charge on any atom is 0.243 e. The van der Waals surface area contributed by atoms with Crippen molar-refractivity contribution in [2.24, 2.45) is 0 Å². The fourth-order valence-electron chi connectivity index (χ4n) is 3.24. The minimum Gasteiger partial charge on any atom is -0.494 e. The van der Waals surface area contributed by atoms with Crippen LogP contribution in [0.2, 0.25) is 0 Å². The van der Waals surface area contributed by atoms with Crippen LogP contribution in [-0.4, -0.2) is 46.4 Å². The summed E-state index contributed by atoms with van der Waals surface area (Å²) in [6.07, 6.45) is 1.08. The van der Waals surface area contributed by atoms with E-state index in [9.17, 15) is 13.2 Å². The average Bonchev–Trinajstić information content (AvgIpc) is 2.71. The van der Waals surface area contributed by atoms with E-state index in [1.807, 2.05) is 31.2 Å². The van der Waals surface area contributed by atoms with E-state index in [2.05, 4.69) is 19.2 Å². The number of rotatable bonds is 11. The highest BCUT2D eigenvalue weighted by Gasteiger charge is 2.29. The third-order valence-corrected chi connectivity index (χ3v) is 5.93. The summed E-state index contributed by atoms with van der Waals surface area (Å²) < 4.78 is 37.1. The zero-order chi connectivity index (χ0) is 23.0. The largest absolute Gasteiger partial charge is 0.494 e. The van der Waals surface area contributed by atoms with Gasteiger partial charge in [-0.1, -0.05) is 32.0 Å². The summed E-state index contributed by atoms with van der Waals surface area (Å²) in [7, 11) is -3.68. The van der Waals surface area contributed by atoms with Crippen molar-refractivity contribution in [1.29, 1.82) is 0 Å². The van der Waals surface area contributed by atoms with Crippen molar-refractivity contribution in [1.82, 2.24) is 5.32 Å². The summed E-state index contributed by atoms with van der Waals surface area (Å²) in [5.74, 6) is 1.34. The van der Waals surface area contributed by atoms with E-state index in [-0.39, 0.29) is 13.2 Å². The first-order valence-electron chi connectivity index (χ1n) is 10.4. The Balaban J connectivity index is 2.00. The number of carbonyl (C=O) groups is 1. The highest BCUT2D eigenvalue weighted by molar-refractivity contribution is 7.92. The molecule has 0 saturated carbocycles. The smallest absolute Gasteiger partial charge is 0.243 e. The van der Waals surface area contributed by atoms with E-state index in [1.165, 1.54) is 0 Å². The first-order valence-corrected chi connectivity index (χ1v) is 12.2. The lowest BCUT2D eigenvalue weighted by Crippen LogP contribution is -2.48. The molecule has 8 heteroatoms. The number of carbonyl (C=O) groups excluding carboxylic acids is 1. The molecule has 1 amide bonds. The number of nitrogens with one attached hydrogen (secondary N) is 1. The number of ether oxygens (including phenoxy) is 2. The van der Waals surface area contributed by atoms with Gasteiger partial charge in [-0.05, 0) is 55.7 Å². The number of nitrogens with zero attached hydrogens (tertiary/aromatic N) is 1. The minimum atomic E-state index is -3.68. The predicted octanol–water partition coefficient (Wildman–Crippen LogP) is 3.56. The second-order valence-corrected chi connectivity index (χ2v) is 9.35. The van der Waals surface area contributed by atoms with E-state index in [4.69, 9.17) is 9.47 Å². The molecule has 0 radical (unpaired) electrons. The molecule has 0 bridgehead atoms. The molecule has 0 saturated heterocycles. The topological polar surface area (TPSA) is 84.9 Å². The Hall–Kier alpha value is -2.74. The van der Waals surface area contributed by atoms with Gasteiger partial charge in [0.1, 0.15) is 24.1 Å². The molecule has 0 aliphatic rings. The fraction of sp³-hybridized carbons (Fsp3) is 0.435. The van der Waals surface area contributed by atoms with Crippen LogP contribution >= 0.6 is 0 Å². The van der Waals surface area contributed by atoms with Crippen LogP contribution in [-0.2, 0) is 14.8 Å². The van der Waals surface area contributed by atoms with Gasteiger partial charge in [0, 0.05) is 0 Å². The van der Waals surface area contributed by atoms with Crippen LogP contribution in [0.4, 0.5) is 5.69 Å². The van der Waals surface area contributed by atoms with Crippen molar-refractivity contribution in [3.63, 3.8) is 0 Å². The summed E-state index contributed by atoms with van der Waals surface area (Å²) in [4.78, 5) is 12.7. The van der Waals surface area contributed by atoms with Crippen molar-refractivity contribution in [2.75, 3.05) is 30.3 Å². The number of anilines is 1. The normalized spacial score (nSPS) is 12.3. The SMILES string of the molecule is CCOc1ccc(N(C(C)C(=O)NCCOc2ccccc2C(C)C)S(C)(=O)=O)cc1. The lowest BCUT2D eigenvalue weighted by atomic mass is 10.0. The summed E-state index contributed by atoms with van der Waals surface area (Å²) in [5.41, 5.74) is 1.50. The van der Waals surface area contributed by atoms with Gasteiger partial charge in [0.25, 0.3) is 0 Å². The van der Waals surface area contributed by atoms with Gasteiger partial charge in [0.15, 0.2) is 0 Å². The molecule has 1 unspecified atom stereocenters. The molecule has 0 aliphatic carbocycles. The molecule has 0 aromatic heterocycles. The van der Waals surface area contributed by atoms with Crippen LogP contribution in [0.3, 0.4) is 0 Å². The molecular formula is C23H32N2O5S. The molecule has 1 N–H and O–H groups in total. The summed E-state index contributed by atoms with van der Waals surface area (Å²) in [6, 6.07) is 13.5. The summed E-state index contributed by atoms with van der Waals surface area (Å²) in [5, 5.41) is 2.76. The van der Waals surface area contributed by atoms with E-state index in [1.54, 1.807) is 31.2 Å². The standard InChI is InChI=1S/C23H32N2O5S/c1-6-29-20-13-11-19(12-14-20)25(31(5,27)28)18(4)23(26)24-15-16-30-22-10-8-7-9-21(22)17(2)3/h7-14,17-18H,6,15-16H2,1-5H3,(H,24,26). The van der Waals surface area contributed by atoms with E-state index < -0.39 is 22.0 Å². The minimum absolute atomic E-state index is 0.260. The van der Waals surface area contributed by atoms with Gasteiger partial charge in [-0.3, -0.25) is 9.10 Å². The third-order valence-electron chi connectivity index (χ3n) is 4.69. The predicted molar refractivity (Wildman–Crippen MR) is 123 cm³/mol. The maximum atomic E-state index is 12.7. The van der Waals surface area contributed by atoms with Crippen molar-refractivity contribution in [3.8, 4) is 11.5 Å². The quantitative estimate of drug-likeness (QED) is 0.532. The number of benzene rings is 2. The molecule has 2 aromatic carbocycles. The molecular weight excluding hydrogens is 416 g/mol. The number of amides is 1. The zero-order valence-electron chi connectivity index (χ0n) is 18.8. The number of para-hydroxylation sites is 1. The second-order valence-electron chi connectivity index (χ2n) is 7.49. The molecule has 0 spiro atoms. The van der Waals surface area contributed by atoms with Crippen LogP contribution in [0.25, 0.3) is 0 Å². The zero-order valence-corrected chi connectivity index (χ0v) is 19.6. The number of hydrogen-bond donors (Lipinski definition) is 1. The van der Waals surface area contributed by atoms with E-state index in [0.717, 1.165) is 21.9 Å². The van der Waals surface area contributed by atoms with E-state index in [0.29, 0.717) is 24.0 Å². The van der Waals surface area contributed by atoms with Gasteiger partial charge in [-0.15, -0.1) is 0 Å². The average molecular weight is 449 g/mol. The third kappa shape index (κ3) is 6.89. The Morgan fingerprint density at radius 1 is 1.03 bits per heavy atom. The van der Waals surface area contributed by atoms with Crippen LogP contribution in [0.1, 0.15) is 39.2 Å². The molecule has 31 heavy (non-hydrogen) atoms. The van der Waals surface area contributed by atoms with Crippen molar-refractivity contribution < 1.29 is 22.7 Å². The Morgan fingerprint density at radius 2 is 1.68 bits per heavy atom. The van der Waals surface area contributed by atoms with Gasteiger partial charge in [-0.25, -0.2) is 8.42 Å². The van der Waals surface area contributed by atoms with Gasteiger partial charge >= 0.3 is 0 Å². The Kier molecular flexibility index (Phi) is 8.74. The monoisotopic (exact) mass is 448 g/mol. The van der Waals surface area contributed by atoms with Gasteiger partial charge in [0.05, 0.1) is 25.1 Å². The van der Waals surface area contributed by atoms with Gasteiger partial charge in [0.2, 0.25) is 15.9 Å². The molecule has 0 aliphatic heterocycles. The van der Waals surface area contributed by atoms with Crippen molar-refractivity contribution >= 4 is 21.6 Å². The lowest BCUT2D eigenvalue weighted by Gasteiger charge is -2.28. The first-order chi connectivity index (χ1) is 14.6. The second kappa shape index (κ2) is 11.0. The summed E-state index contributed by atoms with van der Waals surface area (Å²) >= 11 is 0. The number of sulfonamides is 1. The molecule has 2 rings (SSSR count). The van der Waals surface area contributed by atoms with Crippen molar-refractivity contribution in [3.05, 3.63) is 54.1 Å². The van der Waals surface area contributed by atoms with Crippen LogP contribution in [0.15, 0.2) is 48.5 Å². The Morgan fingerprint density at radius 3 is 2.26 bits per heavy atom. The lowest BCUT2D eigenvalue weighted by molar-refractivity contribution is -0.121. The Bertz CT molecular complexity index is 958. The molecule has 2 aromatic rings. The Labute approximate surface area is 185 Å². The summed E-state index contributed by atoms with van der Waals surface area (Å²) in [6.45, 7) is 8.66. The first kappa shape index (κ1) is 24.5. The van der Waals surface area contributed by atoms with Gasteiger partial charge in [-0.2, -0.15) is 0 Å². The maximum absolute atomic E-state index is 12.7. The highest BCUT2D eigenvalue weighted by atomic mass is 32.2. The van der Waals surface area contributed by atoms with Crippen molar-refractivity contribution in [2.45, 2.75) is 39.7 Å². The molecule has 1 atom stereocenters. The molecule has 0 fully saturated rings. The van der Waals surface area contributed by atoms with Crippen LogP contribution in [0, 0.1) is 0 Å².